The highest BCUT2D eigenvalue weighted by Crippen LogP contribution is 2.24. The van der Waals surface area contributed by atoms with Crippen molar-refractivity contribution in [2.75, 3.05) is 5.75 Å². The topological polar surface area (TPSA) is 0 Å². The number of unbranched alkanes of at least 4 members (excludes halogenated alkanes) is 1. The average Bonchev–Trinajstić information content (AvgIpc) is 1.81. The first-order valence-corrected chi connectivity index (χ1v) is 5.36. The molecule has 0 bridgehead atoms. The molecule has 0 saturated carbocycles. The van der Waals surface area contributed by atoms with E-state index >= 15 is 0 Å². The van der Waals surface area contributed by atoms with Crippen molar-refractivity contribution in [3.8, 4) is 0 Å². The highest BCUT2D eigenvalue weighted by Gasteiger charge is 1.84. The van der Waals surface area contributed by atoms with Gasteiger partial charge in [-0.2, -0.15) is 0 Å². The van der Waals surface area contributed by atoms with Gasteiger partial charge in [-0.05, 0) is 6.42 Å². The minimum Gasteiger partial charge on any atom is -0.0938 e. The summed E-state index contributed by atoms with van der Waals surface area (Å²) in [7, 11) is 3.78. The monoisotopic (exact) mass is 149 g/mol. The van der Waals surface area contributed by atoms with E-state index in [1.54, 1.807) is 0 Å². The number of hydrogen-bond donors (Lipinski definition) is 0. The number of hydrogen-bond acceptors (Lipinski definition) is 2. The van der Waals surface area contributed by atoms with Crippen molar-refractivity contribution < 1.29 is 0 Å². The van der Waals surface area contributed by atoms with Gasteiger partial charge in [-0.25, -0.2) is 0 Å². The minimum atomic E-state index is 1.30. The molecule has 0 saturated heterocycles. The fourth-order valence-corrected chi connectivity index (χ4v) is 2.01. The second-order valence-electron chi connectivity index (χ2n) is 1.51. The predicted molar refractivity (Wildman–Crippen MR) is 44.9 cm³/mol. The van der Waals surface area contributed by atoms with Gasteiger partial charge in [0.2, 0.25) is 0 Å². The molecule has 0 rings (SSSR count). The first kappa shape index (κ1) is 8.70. The van der Waals surface area contributed by atoms with E-state index in [4.69, 9.17) is 0 Å². The van der Waals surface area contributed by atoms with Crippen molar-refractivity contribution in [2.24, 2.45) is 0 Å². The van der Waals surface area contributed by atoms with Crippen molar-refractivity contribution >= 4 is 21.6 Å². The molecule has 0 heterocycles. The largest absolute Gasteiger partial charge is 0.0938 e. The third kappa shape index (κ3) is 6.70. The van der Waals surface area contributed by atoms with Crippen molar-refractivity contribution in [3.05, 3.63) is 5.75 Å². The van der Waals surface area contributed by atoms with E-state index in [0.717, 1.165) is 0 Å². The fourth-order valence-electron chi connectivity index (χ4n) is 0.319. The Kier molecular flexibility index (Phi) is 8.37. The van der Waals surface area contributed by atoms with Gasteiger partial charge >= 0.3 is 0 Å². The summed E-state index contributed by atoms with van der Waals surface area (Å²) in [5.74, 6) is 3.42. The van der Waals surface area contributed by atoms with Crippen LogP contribution in [-0.2, 0) is 0 Å². The van der Waals surface area contributed by atoms with Gasteiger partial charge in [-0.15, -0.1) is 0 Å². The molecule has 0 atom stereocenters. The molecule has 0 fully saturated rings. The molecule has 0 nitrogen and oxygen atoms in total. The molecule has 2 heteroatoms. The van der Waals surface area contributed by atoms with Gasteiger partial charge in [0.1, 0.15) is 0 Å². The van der Waals surface area contributed by atoms with Crippen LogP contribution in [0.15, 0.2) is 0 Å². The molecular weight excluding hydrogens is 136 g/mol. The van der Waals surface area contributed by atoms with Crippen LogP contribution in [0.1, 0.15) is 26.7 Å². The zero-order valence-corrected chi connectivity index (χ0v) is 7.15. The summed E-state index contributed by atoms with van der Waals surface area (Å²) >= 11 is 0. The van der Waals surface area contributed by atoms with E-state index < -0.39 is 0 Å². The molecule has 0 aromatic heterocycles. The van der Waals surface area contributed by atoms with Crippen LogP contribution >= 0.6 is 21.6 Å². The summed E-state index contributed by atoms with van der Waals surface area (Å²) in [5.41, 5.74) is 0. The van der Waals surface area contributed by atoms with Gasteiger partial charge in [0, 0.05) is 11.5 Å². The van der Waals surface area contributed by atoms with Gasteiger partial charge in [0.25, 0.3) is 0 Å². The van der Waals surface area contributed by atoms with Crippen molar-refractivity contribution in [3.63, 3.8) is 0 Å². The third-order valence-electron chi connectivity index (χ3n) is 0.745. The molecule has 0 spiro atoms. The summed E-state index contributed by atoms with van der Waals surface area (Å²) in [6.45, 7) is 4.30. The molecule has 0 aliphatic carbocycles. The summed E-state index contributed by atoms with van der Waals surface area (Å²) < 4.78 is 0. The molecule has 8 heavy (non-hydrogen) atoms. The van der Waals surface area contributed by atoms with Gasteiger partial charge in [-0.1, -0.05) is 41.9 Å². The van der Waals surface area contributed by atoms with Crippen molar-refractivity contribution in [1.29, 1.82) is 0 Å². The lowest BCUT2D eigenvalue weighted by Crippen LogP contribution is -1.71. The van der Waals surface area contributed by atoms with Crippen LogP contribution < -0.4 is 0 Å². The van der Waals surface area contributed by atoms with E-state index in [1.165, 1.54) is 18.6 Å². The minimum absolute atomic E-state index is 1.30. The molecule has 0 aromatic rings. The van der Waals surface area contributed by atoms with Crippen LogP contribution in [0.3, 0.4) is 0 Å². The zero-order valence-electron chi connectivity index (χ0n) is 5.52. The van der Waals surface area contributed by atoms with Crippen LogP contribution in [-0.4, -0.2) is 5.75 Å². The van der Waals surface area contributed by atoms with Gasteiger partial charge in [0.15, 0.2) is 0 Å². The molecule has 1 radical (unpaired) electrons. The molecule has 0 aliphatic rings. The number of rotatable bonds is 5. The summed E-state index contributed by atoms with van der Waals surface area (Å²) in [6.07, 6.45) is 2.67. The fraction of sp³-hybridized carbons (Fsp3) is 0.833. The van der Waals surface area contributed by atoms with E-state index in [9.17, 15) is 0 Å². The smallest absolute Gasteiger partial charge is 0.0247 e. The lowest BCUT2D eigenvalue weighted by atomic mass is 10.4. The van der Waals surface area contributed by atoms with E-state index in [-0.39, 0.29) is 0 Å². The van der Waals surface area contributed by atoms with Gasteiger partial charge in [0.05, 0.1) is 0 Å². The Bertz CT molecular complexity index is 31.5. The Morgan fingerprint density at radius 3 is 2.75 bits per heavy atom. The van der Waals surface area contributed by atoms with Crippen LogP contribution in [0.4, 0.5) is 0 Å². The van der Waals surface area contributed by atoms with Crippen LogP contribution in [0.2, 0.25) is 0 Å². The first-order valence-electron chi connectivity index (χ1n) is 2.98. The summed E-state index contributed by atoms with van der Waals surface area (Å²) in [6, 6.07) is 0. The highest BCUT2D eigenvalue weighted by molar-refractivity contribution is 8.77. The molecule has 0 N–H and O–H groups in total. The normalized spacial score (nSPS) is 9.75. The molecule has 0 unspecified atom stereocenters. The van der Waals surface area contributed by atoms with Crippen molar-refractivity contribution in [1.82, 2.24) is 0 Å². The van der Waals surface area contributed by atoms with Crippen molar-refractivity contribution in [2.45, 2.75) is 26.7 Å². The Hall–Kier alpha value is 0.700. The van der Waals surface area contributed by atoms with Crippen LogP contribution in [0, 0.1) is 5.75 Å². The molecular formula is C6H13S2. The van der Waals surface area contributed by atoms with E-state index in [2.05, 4.69) is 19.6 Å². The van der Waals surface area contributed by atoms with Gasteiger partial charge in [-0.3, -0.25) is 0 Å². The van der Waals surface area contributed by atoms with E-state index in [0.29, 0.717) is 0 Å². The van der Waals surface area contributed by atoms with Gasteiger partial charge < -0.3 is 0 Å². The summed E-state index contributed by atoms with van der Waals surface area (Å²) in [5, 5.41) is 0. The molecule has 0 amide bonds. The second-order valence-corrected chi connectivity index (χ2v) is 4.10. The lowest BCUT2D eigenvalue weighted by Gasteiger charge is -1.93. The summed E-state index contributed by atoms with van der Waals surface area (Å²) in [4.78, 5) is 0. The SMILES string of the molecule is C[CH]SSCCCC. The lowest BCUT2D eigenvalue weighted by molar-refractivity contribution is 0.898. The van der Waals surface area contributed by atoms with Crippen LogP contribution in [0.25, 0.3) is 0 Å². The first-order chi connectivity index (χ1) is 3.91. The quantitative estimate of drug-likeness (QED) is 0.434. The third-order valence-corrected chi connectivity index (χ3v) is 3.01. The highest BCUT2D eigenvalue weighted by atomic mass is 33.1. The van der Waals surface area contributed by atoms with Crippen LogP contribution in [0.5, 0.6) is 0 Å². The Labute approximate surface area is 60.2 Å². The predicted octanol–water partition coefficient (Wildman–Crippen LogP) is 3.35. The Morgan fingerprint density at radius 1 is 1.50 bits per heavy atom. The second kappa shape index (κ2) is 7.70. The average molecular weight is 149 g/mol. The molecule has 49 valence electrons. The zero-order chi connectivity index (χ0) is 6.24. The Balaban J connectivity index is 2.53. The Morgan fingerprint density at radius 2 is 2.25 bits per heavy atom. The maximum atomic E-state index is 2.22. The molecule has 0 aromatic carbocycles. The maximum Gasteiger partial charge on any atom is 0.0247 e. The maximum absolute atomic E-state index is 2.22. The van der Waals surface area contributed by atoms with E-state index in [1.807, 2.05) is 21.6 Å². The standard InChI is InChI=1S/C6H13S2/c1-3-5-6-8-7-4-2/h4H,3,5-6H2,1-2H3. The molecule has 0 aliphatic heterocycles.